The molecule has 1 aromatic heterocycles. The molecule has 0 aromatic carbocycles. The van der Waals surface area contributed by atoms with Crippen LogP contribution >= 0.6 is 22.9 Å². The summed E-state index contributed by atoms with van der Waals surface area (Å²) in [6.45, 7) is 5.08. The normalized spacial score (nSPS) is 13.0. The second kappa shape index (κ2) is 7.23. The van der Waals surface area contributed by atoms with E-state index in [-0.39, 0.29) is 0 Å². The van der Waals surface area contributed by atoms with Crippen molar-refractivity contribution >= 4 is 22.9 Å². The lowest BCUT2D eigenvalue weighted by Crippen LogP contribution is -2.24. The van der Waals surface area contributed by atoms with Crippen LogP contribution in [0.1, 0.15) is 18.2 Å². The second-order valence-electron chi connectivity index (χ2n) is 3.84. The number of hydrogen-bond acceptors (Lipinski definition) is 3. The van der Waals surface area contributed by atoms with Gasteiger partial charge in [0.15, 0.2) is 0 Å². The Kier molecular flexibility index (Phi) is 6.25. The van der Waals surface area contributed by atoms with Gasteiger partial charge in [-0.3, -0.25) is 0 Å². The smallest absolute Gasteiger partial charge is 0.0931 e. The van der Waals surface area contributed by atoms with Crippen LogP contribution in [0, 0.1) is 5.92 Å². The highest BCUT2D eigenvalue weighted by Gasteiger charge is 2.01. The first-order valence-electron chi connectivity index (χ1n) is 5.37. The van der Waals surface area contributed by atoms with Crippen molar-refractivity contribution in [3.8, 4) is 0 Å². The Bertz CT molecular complexity index is 275. The van der Waals surface area contributed by atoms with E-state index in [2.05, 4.69) is 18.3 Å². The fraction of sp³-hybridized carbons (Fsp3) is 0.636. The summed E-state index contributed by atoms with van der Waals surface area (Å²) < 4.78 is 0.876. The maximum atomic E-state index is 5.85. The van der Waals surface area contributed by atoms with Gasteiger partial charge in [0.05, 0.1) is 4.34 Å². The summed E-state index contributed by atoms with van der Waals surface area (Å²) >= 11 is 7.51. The van der Waals surface area contributed by atoms with E-state index >= 15 is 0 Å². The highest BCUT2D eigenvalue weighted by Crippen LogP contribution is 2.21. The van der Waals surface area contributed by atoms with Crippen LogP contribution in [0.4, 0.5) is 0 Å². The van der Waals surface area contributed by atoms with Crippen LogP contribution in [0.3, 0.4) is 0 Å². The van der Waals surface area contributed by atoms with Crippen LogP contribution in [0.2, 0.25) is 4.34 Å². The van der Waals surface area contributed by atoms with Crippen molar-refractivity contribution in [3.63, 3.8) is 0 Å². The third kappa shape index (κ3) is 5.52. The van der Waals surface area contributed by atoms with E-state index in [4.69, 9.17) is 17.3 Å². The standard InChI is InChI=1S/C11H19ClN2S/c1-9(4-6-13)8-14-7-5-10-2-3-11(12)15-10/h2-3,9,14H,4-8,13H2,1H3. The minimum atomic E-state index is 0.668. The highest BCUT2D eigenvalue weighted by atomic mass is 35.5. The predicted molar refractivity (Wildman–Crippen MR) is 68.7 cm³/mol. The number of rotatable bonds is 7. The molecule has 1 heterocycles. The van der Waals surface area contributed by atoms with Gasteiger partial charge < -0.3 is 11.1 Å². The Labute approximate surface area is 101 Å². The quantitative estimate of drug-likeness (QED) is 0.726. The molecule has 0 saturated heterocycles. The number of nitrogens with one attached hydrogen (secondary N) is 1. The van der Waals surface area contributed by atoms with Gasteiger partial charge >= 0.3 is 0 Å². The maximum Gasteiger partial charge on any atom is 0.0931 e. The Morgan fingerprint density at radius 2 is 2.33 bits per heavy atom. The number of halogens is 1. The average Bonchev–Trinajstić information content (AvgIpc) is 2.60. The zero-order valence-electron chi connectivity index (χ0n) is 9.13. The number of thiophene rings is 1. The van der Waals surface area contributed by atoms with Gasteiger partial charge in [-0.05, 0) is 50.5 Å². The van der Waals surface area contributed by atoms with Crippen molar-refractivity contribution in [3.05, 3.63) is 21.3 Å². The van der Waals surface area contributed by atoms with Crippen LogP contribution in [-0.4, -0.2) is 19.6 Å². The van der Waals surface area contributed by atoms with Gasteiger partial charge in [0.1, 0.15) is 0 Å². The second-order valence-corrected chi connectivity index (χ2v) is 5.64. The Morgan fingerprint density at radius 1 is 1.53 bits per heavy atom. The van der Waals surface area contributed by atoms with Crippen LogP contribution in [0.5, 0.6) is 0 Å². The topological polar surface area (TPSA) is 38.0 Å². The van der Waals surface area contributed by atoms with Gasteiger partial charge in [-0.2, -0.15) is 0 Å². The highest BCUT2D eigenvalue weighted by molar-refractivity contribution is 7.16. The fourth-order valence-electron chi connectivity index (χ4n) is 1.43. The van der Waals surface area contributed by atoms with Crippen LogP contribution in [0.15, 0.2) is 12.1 Å². The van der Waals surface area contributed by atoms with Gasteiger partial charge in [-0.15, -0.1) is 11.3 Å². The molecule has 1 aromatic rings. The molecule has 1 rings (SSSR count). The molecular formula is C11H19ClN2S. The lowest BCUT2D eigenvalue weighted by molar-refractivity contribution is 0.489. The van der Waals surface area contributed by atoms with E-state index in [1.54, 1.807) is 11.3 Å². The van der Waals surface area contributed by atoms with Crippen LogP contribution in [-0.2, 0) is 6.42 Å². The molecule has 4 heteroatoms. The third-order valence-electron chi connectivity index (χ3n) is 2.33. The summed E-state index contributed by atoms with van der Waals surface area (Å²) in [5.74, 6) is 0.668. The molecule has 0 fully saturated rings. The maximum absolute atomic E-state index is 5.85. The van der Waals surface area contributed by atoms with E-state index in [1.165, 1.54) is 4.88 Å². The molecule has 0 aliphatic heterocycles. The molecule has 1 unspecified atom stereocenters. The molecule has 2 nitrogen and oxygen atoms in total. The number of nitrogens with two attached hydrogens (primary N) is 1. The summed E-state index contributed by atoms with van der Waals surface area (Å²) in [7, 11) is 0. The largest absolute Gasteiger partial charge is 0.330 e. The first-order valence-corrected chi connectivity index (χ1v) is 6.57. The molecule has 0 saturated carbocycles. The van der Waals surface area contributed by atoms with E-state index in [0.29, 0.717) is 5.92 Å². The van der Waals surface area contributed by atoms with Crippen LogP contribution < -0.4 is 11.1 Å². The van der Waals surface area contributed by atoms with Gasteiger partial charge in [0, 0.05) is 4.88 Å². The molecule has 0 aliphatic rings. The Morgan fingerprint density at radius 3 is 2.93 bits per heavy atom. The lowest BCUT2D eigenvalue weighted by Gasteiger charge is -2.10. The van der Waals surface area contributed by atoms with E-state index in [1.807, 2.05) is 6.07 Å². The monoisotopic (exact) mass is 246 g/mol. The molecule has 86 valence electrons. The van der Waals surface area contributed by atoms with E-state index < -0.39 is 0 Å². The zero-order chi connectivity index (χ0) is 11.1. The minimum Gasteiger partial charge on any atom is -0.330 e. The van der Waals surface area contributed by atoms with Crippen molar-refractivity contribution in [2.75, 3.05) is 19.6 Å². The minimum absolute atomic E-state index is 0.668. The fourth-order valence-corrected chi connectivity index (χ4v) is 2.52. The van der Waals surface area contributed by atoms with Gasteiger partial charge in [0.2, 0.25) is 0 Å². The molecular weight excluding hydrogens is 228 g/mol. The van der Waals surface area contributed by atoms with Gasteiger partial charge in [-0.25, -0.2) is 0 Å². The first-order chi connectivity index (χ1) is 7.22. The van der Waals surface area contributed by atoms with Gasteiger partial charge in [-0.1, -0.05) is 18.5 Å². The zero-order valence-corrected chi connectivity index (χ0v) is 10.7. The summed E-state index contributed by atoms with van der Waals surface area (Å²) in [5, 5.41) is 3.44. The average molecular weight is 247 g/mol. The molecule has 3 N–H and O–H groups in total. The van der Waals surface area contributed by atoms with Crippen LogP contribution in [0.25, 0.3) is 0 Å². The molecule has 0 spiro atoms. The van der Waals surface area contributed by atoms with E-state index in [0.717, 1.165) is 36.8 Å². The Balaban J connectivity index is 2.06. The molecule has 0 radical (unpaired) electrons. The van der Waals surface area contributed by atoms with Crippen molar-refractivity contribution in [1.82, 2.24) is 5.32 Å². The van der Waals surface area contributed by atoms with Crippen molar-refractivity contribution in [2.45, 2.75) is 19.8 Å². The SMILES string of the molecule is CC(CCN)CNCCc1ccc(Cl)s1. The molecule has 15 heavy (non-hydrogen) atoms. The molecule has 0 bridgehead atoms. The predicted octanol–water partition coefficient (Wildman–Crippen LogP) is 2.52. The molecule has 1 atom stereocenters. The van der Waals surface area contributed by atoms with Crippen molar-refractivity contribution < 1.29 is 0 Å². The van der Waals surface area contributed by atoms with Crippen molar-refractivity contribution in [2.24, 2.45) is 11.7 Å². The van der Waals surface area contributed by atoms with E-state index in [9.17, 15) is 0 Å². The van der Waals surface area contributed by atoms with Gasteiger partial charge in [0.25, 0.3) is 0 Å². The lowest BCUT2D eigenvalue weighted by atomic mass is 10.1. The Hall–Kier alpha value is -0.0900. The molecule has 0 amide bonds. The number of hydrogen-bond donors (Lipinski definition) is 2. The van der Waals surface area contributed by atoms with Crippen molar-refractivity contribution in [1.29, 1.82) is 0 Å². The third-order valence-corrected chi connectivity index (χ3v) is 3.62. The summed E-state index contributed by atoms with van der Waals surface area (Å²) in [6.07, 6.45) is 2.16. The molecule has 0 aliphatic carbocycles. The summed E-state index contributed by atoms with van der Waals surface area (Å²) in [5.41, 5.74) is 5.49. The summed E-state index contributed by atoms with van der Waals surface area (Å²) in [6, 6.07) is 4.05. The summed E-state index contributed by atoms with van der Waals surface area (Å²) in [4.78, 5) is 1.35. The first kappa shape index (κ1) is 13.0.